The van der Waals surface area contributed by atoms with Crippen molar-refractivity contribution in [3.8, 4) is 0 Å². The summed E-state index contributed by atoms with van der Waals surface area (Å²) in [6.45, 7) is 9.26. The van der Waals surface area contributed by atoms with Crippen LogP contribution in [0.3, 0.4) is 0 Å². The van der Waals surface area contributed by atoms with Crippen LogP contribution in [0.25, 0.3) is 10.9 Å². The van der Waals surface area contributed by atoms with Crippen LogP contribution >= 0.6 is 11.6 Å². The molecule has 7 heteroatoms. The molecule has 1 amide bonds. The number of carbonyl (C=O) groups is 2. The molecule has 2 rings (SSSR count). The van der Waals surface area contributed by atoms with Crippen molar-refractivity contribution in [2.45, 2.75) is 46.3 Å². The number of benzene rings is 1. The molecule has 2 N–H and O–H groups in total. The van der Waals surface area contributed by atoms with Gasteiger partial charge in [-0.15, -0.1) is 0 Å². The number of hydrogen-bond acceptors (Lipinski definition) is 3. The van der Waals surface area contributed by atoms with Crippen LogP contribution in [-0.4, -0.2) is 33.9 Å². The number of carbonyl (C=O) groups excluding carboxylic acids is 1. The number of hydrogen-bond donors (Lipinski definition) is 2. The van der Waals surface area contributed by atoms with E-state index in [4.69, 9.17) is 16.3 Å². The number of aromatic nitrogens is 1. The van der Waals surface area contributed by atoms with Crippen LogP contribution in [0.1, 0.15) is 49.8 Å². The number of nitrogens with zero attached hydrogens (tertiary/aromatic N) is 1. The van der Waals surface area contributed by atoms with E-state index in [2.05, 4.69) is 5.32 Å². The first-order valence-electron chi connectivity index (χ1n) is 8.01. The van der Waals surface area contributed by atoms with Crippen molar-refractivity contribution in [1.82, 2.24) is 9.88 Å². The first-order chi connectivity index (χ1) is 11.5. The van der Waals surface area contributed by atoms with Gasteiger partial charge in [0.05, 0.1) is 10.5 Å². The van der Waals surface area contributed by atoms with E-state index in [-0.39, 0.29) is 18.3 Å². The first-order valence-corrected chi connectivity index (χ1v) is 8.38. The lowest BCUT2D eigenvalue weighted by Crippen LogP contribution is -2.35. The molecule has 0 spiro atoms. The van der Waals surface area contributed by atoms with Gasteiger partial charge in [-0.3, -0.25) is 0 Å². The van der Waals surface area contributed by atoms with Crippen molar-refractivity contribution in [1.29, 1.82) is 0 Å². The summed E-state index contributed by atoms with van der Waals surface area (Å²) in [5.41, 5.74) is 1.12. The first kappa shape index (κ1) is 19.1. The van der Waals surface area contributed by atoms with Crippen molar-refractivity contribution >= 4 is 34.6 Å². The highest BCUT2D eigenvalue weighted by Crippen LogP contribution is 2.31. The lowest BCUT2D eigenvalue weighted by molar-refractivity contribution is 0.0521. The molecule has 136 valence electrons. The van der Waals surface area contributed by atoms with Gasteiger partial charge in [0.15, 0.2) is 0 Å². The van der Waals surface area contributed by atoms with Crippen LogP contribution in [-0.2, 0) is 4.74 Å². The summed E-state index contributed by atoms with van der Waals surface area (Å²) >= 11 is 6.35. The predicted octanol–water partition coefficient (Wildman–Crippen LogP) is 4.39. The van der Waals surface area contributed by atoms with E-state index in [0.717, 1.165) is 10.9 Å². The number of nitrogens with one attached hydrogen (secondary N) is 1. The largest absolute Gasteiger partial charge is 0.477 e. The third-order valence-electron chi connectivity index (χ3n) is 3.63. The number of amides is 1. The van der Waals surface area contributed by atoms with E-state index in [1.807, 2.05) is 19.9 Å². The highest BCUT2D eigenvalue weighted by molar-refractivity contribution is 6.35. The van der Waals surface area contributed by atoms with Crippen molar-refractivity contribution in [2.75, 3.05) is 6.54 Å². The summed E-state index contributed by atoms with van der Waals surface area (Å²) in [5, 5.41) is 13.4. The number of alkyl carbamates (subject to hydrolysis) is 1. The Labute approximate surface area is 151 Å². The molecule has 0 aliphatic carbocycles. The van der Waals surface area contributed by atoms with Crippen molar-refractivity contribution in [3.63, 3.8) is 0 Å². The zero-order chi connectivity index (χ0) is 18.9. The van der Waals surface area contributed by atoms with Crippen molar-refractivity contribution < 1.29 is 19.4 Å². The van der Waals surface area contributed by atoms with E-state index in [1.54, 1.807) is 37.5 Å². The molecule has 0 aliphatic heterocycles. The van der Waals surface area contributed by atoms with Gasteiger partial charge in [-0.1, -0.05) is 11.6 Å². The van der Waals surface area contributed by atoms with Crippen LogP contribution in [0.5, 0.6) is 0 Å². The maximum absolute atomic E-state index is 11.8. The number of aromatic carboxylic acids is 1. The van der Waals surface area contributed by atoms with Gasteiger partial charge in [-0.05, 0) is 58.4 Å². The van der Waals surface area contributed by atoms with Crippen LogP contribution < -0.4 is 5.32 Å². The number of halogens is 1. The number of fused-ring (bicyclic) bond motifs is 1. The molecule has 1 unspecified atom stereocenters. The molecular weight excluding hydrogens is 344 g/mol. The average molecular weight is 367 g/mol. The number of carboxylic acid groups (broad SMARTS) is 1. The van der Waals surface area contributed by atoms with Crippen LogP contribution in [0, 0.1) is 6.92 Å². The van der Waals surface area contributed by atoms with Gasteiger partial charge in [0, 0.05) is 18.0 Å². The second-order valence-electron chi connectivity index (χ2n) is 7.12. The molecule has 2 aromatic rings. The quantitative estimate of drug-likeness (QED) is 0.841. The Hall–Kier alpha value is -2.21. The van der Waals surface area contributed by atoms with E-state index in [0.29, 0.717) is 10.5 Å². The highest BCUT2D eigenvalue weighted by atomic mass is 35.5. The molecule has 0 radical (unpaired) electrons. The van der Waals surface area contributed by atoms with Crippen molar-refractivity contribution in [2.24, 2.45) is 0 Å². The number of carboxylic acids is 1. The minimum Gasteiger partial charge on any atom is -0.477 e. The molecule has 6 nitrogen and oxygen atoms in total. The van der Waals surface area contributed by atoms with Gasteiger partial charge >= 0.3 is 12.1 Å². The summed E-state index contributed by atoms with van der Waals surface area (Å²) in [6.07, 6.45) is -0.547. The molecule has 1 atom stereocenters. The molecule has 0 aliphatic rings. The Morgan fingerprint density at radius 1 is 1.32 bits per heavy atom. The van der Waals surface area contributed by atoms with E-state index in [1.165, 1.54) is 0 Å². The molecule has 0 saturated carbocycles. The normalized spacial score (nSPS) is 12.9. The molecule has 25 heavy (non-hydrogen) atoms. The second kappa shape index (κ2) is 6.96. The zero-order valence-electron chi connectivity index (χ0n) is 15.0. The second-order valence-corrected chi connectivity index (χ2v) is 7.53. The van der Waals surface area contributed by atoms with Crippen LogP contribution in [0.4, 0.5) is 4.79 Å². The third-order valence-corrected chi connectivity index (χ3v) is 3.92. The van der Waals surface area contributed by atoms with Crippen LogP contribution in [0.2, 0.25) is 5.02 Å². The summed E-state index contributed by atoms with van der Waals surface area (Å²) in [6, 6.07) is 4.95. The van der Waals surface area contributed by atoms with Gasteiger partial charge < -0.3 is 19.7 Å². The highest BCUT2D eigenvalue weighted by Gasteiger charge is 2.22. The monoisotopic (exact) mass is 366 g/mol. The SMILES string of the molecule is Cc1cc(Cl)c2c(c1)cc(C(=O)O)n2C(C)CNC(=O)OC(C)(C)C. The van der Waals surface area contributed by atoms with Crippen LogP contribution in [0.15, 0.2) is 18.2 Å². The Morgan fingerprint density at radius 2 is 1.96 bits per heavy atom. The smallest absolute Gasteiger partial charge is 0.407 e. The Kier molecular flexibility index (Phi) is 5.32. The van der Waals surface area contributed by atoms with E-state index >= 15 is 0 Å². The van der Waals surface area contributed by atoms with Gasteiger partial charge in [0.2, 0.25) is 0 Å². The third kappa shape index (κ3) is 4.45. The van der Waals surface area contributed by atoms with E-state index in [9.17, 15) is 14.7 Å². The topological polar surface area (TPSA) is 80.6 Å². The number of rotatable bonds is 4. The summed E-state index contributed by atoms with van der Waals surface area (Å²) in [5.74, 6) is -1.05. The lowest BCUT2D eigenvalue weighted by Gasteiger charge is -2.22. The summed E-state index contributed by atoms with van der Waals surface area (Å²) in [4.78, 5) is 23.5. The minimum atomic E-state index is -1.05. The lowest BCUT2D eigenvalue weighted by atomic mass is 10.2. The predicted molar refractivity (Wildman–Crippen MR) is 97.6 cm³/mol. The molecule has 0 fully saturated rings. The standard InChI is InChI=1S/C18H23ClN2O4/c1-10-6-12-8-14(16(22)23)21(15(12)13(19)7-10)11(2)9-20-17(24)25-18(3,4)5/h6-8,11H,9H2,1-5H3,(H,20,24)(H,22,23). The fourth-order valence-electron chi connectivity index (χ4n) is 2.72. The number of aryl methyl sites for hydroxylation is 1. The Balaban J connectivity index is 2.34. The van der Waals surface area contributed by atoms with Gasteiger partial charge in [-0.2, -0.15) is 0 Å². The zero-order valence-corrected chi connectivity index (χ0v) is 15.8. The minimum absolute atomic E-state index is 0.126. The van der Waals surface area contributed by atoms with Crippen molar-refractivity contribution in [3.05, 3.63) is 34.5 Å². The molecule has 1 aromatic carbocycles. The molecule has 1 heterocycles. The van der Waals surface area contributed by atoms with Gasteiger partial charge in [-0.25, -0.2) is 9.59 Å². The molecular formula is C18H23ClN2O4. The van der Waals surface area contributed by atoms with Gasteiger partial charge in [0.1, 0.15) is 11.3 Å². The fraction of sp³-hybridized carbons (Fsp3) is 0.444. The number of ether oxygens (including phenoxy) is 1. The molecule has 0 saturated heterocycles. The maximum atomic E-state index is 11.8. The summed E-state index contributed by atoms with van der Waals surface area (Å²) in [7, 11) is 0. The summed E-state index contributed by atoms with van der Waals surface area (Å²) < 4.78 is 6.84. The Morgan fingerprint density at radius 3 is 2.52 bits per heavy atom. The molecule has 0 bridgehead atoms. The maximum Gasteiger partial charge on any atom is 0.407 e. The fourth-order valence-corrected chi connectivity index (χ4v) is 3.09. The average Bonchev–Trinajstić information content (AvgIpc) is 2.82. The molecule has 1 aromatic heterocycles. The van der Waals surface area contributed by atoms with E-state index < -0.39 is 17.7 Å². The van der Waals surface area contributed by atoms with Gasteiger partial charge in [0.25, 0.3) is 0 Å². The Bertz CT molecular complexity index is 821.